The van der Waals surface area contributed by atoms with Gasteiger partial charge in [0.25, 0.3) is 0 Å². The van der Waals surface area contributed by atoms with Gasteiger partial charge in [0.2, 0.25) is 5.75 Å². The summed E-state index contributed by atoms with van der Waals surface area (Å²) in [6, 6.07) is 3.66. The number of fused-ring (bicyclic) bond motifs is 1. The fourth-order valence-electron chi connectivity index (χ4n) is 2.39. The molecule has 3 aromatic rings. The first-order valence-electron chi connectivity index (χ1n) is 7.13. The van der Waals surface area contributed by atoms with Crippen LogP contribution in [0.1, 0.15) is 5.56 Å². The van der Waals surface area contributed by atoms with Crippen LogP contribution in [0.15, 0.2) is 30.4 Å². The summed E-state index contributed by atoms with van der Waals surface area (Å²) >= 11 is 1.57. The lowest BCUT2D eigenvalue weighted by molar-refractivity contribution is 0.324. The molecule has 6 nitrogen and oxygen atoms in total. The molecule has 7 heteroatoms. The van der Waals surface area contributed by atoms with E-state index in [-0.39, 0.29) is 0 Å². The third-order valence-electron chi connectivity index (χ3n) is 3.53. The van der Waals surface area contributed by atoms with Crippen molar-refractivity contribution in [2.75, 3.05) is 26.6 Å². The molecule has 124 valence electrons. The number of aromatic nitrogens is 2. The number of rotatable bonds is 6. The molecule has 3 rings (SSSR count). The van der Waals surface area contributed by atoms with Crippen LogP contribution in [-0.4, -0.2) is 31.3 Å². The van der Waals surface area contributed by atoms with Crippen LogP contribution in [0.2, 0.25) is 0 Å². The van der Waals surface area contributed by atoms with Gasteiger partial charge < -0.3 is 19.5 Å². The van der Waals surface area contributed by atoms with Crippen molar-refractivity contribution in [3.8, 4) is 17.2 Å². The van der Waals surface area contributed by atoms with Crippen LogP contribution in [0.4, 0.5) is 11.5 Å². The van der Waals surface area contributed by atoms with Gasteiger partial charge >= 0.3 is 0 Å². The predicted octanol–water partition coefficient (Wildman–Crippen LogP) is 4.10. The molecule has 24 heavy (non-hydrogen) atoms. The summed E-state index contributed by atoms with van der Waals surface area (Å²) in [5, 5.41) is 5.30. The van der Waals surface area contributed by atoms with Crippen LogP contribution in [0.3, 0.4) is 0 Å². The van der Waals surface area contributed by atoms with E-state index in [1.54, 1.807) is 38.7 Å². The van der Waals surface area contributed by atoms with Crippen molar-refractivity contribution in [2.45, 2.75) is 0 Å². The van der Waals surface area contributed by atoms with E-state index in [9.17, 15) is 0 Å². The molecule has 0 amide bonds. The summed E-state index contributed by atoms with van der Waals surface area (Å²) in [4.78, 5) is 8.67. The molecule has 1 N–H and O–H groups in total. The first-order valence-corrected chi connectivity index (χ1v) is 8.01. The highest BCUT2D eigenvalue weighted by molar-refractivity contribution is 7.18. The van der Waals surface area contributed by atoms with Crippen molar-refractivity contribution in [3.63, 3.8) is 0 Å². The maximum atomic E-state index is 5.38. The summed E-state index contributed by atoms with van der Waals surface area (Å²) in [5.74, 6) is 2.40. The Balaban J connectivity index is 2.05. The third kappa shape index (κ3) is 2.74. The van der Waals surface area contributed by atoms with Crippen molar-refractivity contribution in [1.82, 2.24) is 9.97 Å². The van der Waals surface area contributed by atoms with Gasteiger partial charge in [0.1, 0.15) is 6.33 Å². The monoisotopic (exact) mass is 343 g/mol. The fourth-order valence-corrected chi connectivity index (χ4v) is 3.34. The fraction of sp³-hybridized carbons (Fsp3) is 0.176. The van der Waals surface area contributed by atoms with Gasteiger partial charge in [-0.3, -0.25) is 0 Å². The van der Waals surface area contributed by atoms with Crippen molar-refractivity contribution in [2.24, 2.45) is 0 Å². The van der Waals surface area contributed by atoms with Gasteiger partial charge in [-0.25, -0.2) is 9.97 Å². The summed E-state index contributed by atoms with van der Waals surface area (Å²) < 4.78 is 17.1. The molecule has 0 aliphatic rings. The van der Waals surface area contributed by atoms with Crippen molar-refractivity contribution in [3.05, 3.63) is 36.0 Å². The smallest absolute Gasteiger partial charge is 0.203 e. The number of benzene rings is 1. The van der Waals surface area contributed by atoms with E-state index in [0.29, 0.717) is 23.1 Å². The van der Waals surface area contributed by atoms with Crippen molar-refractivity contribution < 1.29 is 14.2 Å². The minimum Gasteiger partial charge on any atom is -0.493 e. The molecule has 0 spiro atoms. The zero-order valence-corrected chi connectivity index (χ0v) is 14.4. The molecule has 0 aliphatic carbocycles. The van der Waals surface area contributed by atoms with Crippen LogP contribution < -0.4 is 19.5 Å². The van der Waals surface area contributed by atoms with Crippen LogP contribution in [0.25, 0.3) is 16.3 Å². The van der Waals surface area contributed by atoms with Crippen LogP contribution in [0, 0.1) is 0 Å². The Bertz CT molecular complexity index is 867. The van der Waals surface area contributed by atoms with Crippen molar-refractivity contribution in [1.29, 1.82) is 0 Å². The number of thiophene rings is 1. The molecule has 0 atom stereocenters. The highest BCUT2D eigenvalue weighted by Crippen LogP contribution is 2.41. The number of nitrogens with one attached hydrogen (secondary N) is 1. The summed E-state index contributed by atoms with van der Waals surface area (Å²) in [7, 11) is 4.74. The van der Waals surface area contributed by atoms with E-state index in [1.165, 1.54) is 6.33 Å². The second kappa shape index (κ2) is 6.76. The lowest BCUT2D eigenvalue weighted by Crippen LogP contribution is -1.99. The van der Waals surface area contributed by atoms with Gasteiger partial charge in [-0.1, -0.05) is 12.7 Å². The van der Waals surface area contributed by atoms with E-state index in [4.69, 9.17) is 14.2 Å². The first-order chi connectivity index (χ1) is 11.7. The lowest BCUT2D eigenvalue weighted by Gasteiger charge is -2.15. The number of anilines is 2. The molecule has 0 fully saturated rings. The number of methoxy groups -OCH3 is 3. The first kappa shape index (κ1) is 16.1. The Kier molecular flexibility index (Phi) is 4.52. The average Bonchev–Trinajstić information content (AvgIpc) is 3.05. The zero-order valence-electron chi connectivity index (χ0n) is 13.6. The topological polar surface area (TPSA) is 65.5 Å². The van der Waals surface area contributed by atoms with Gasteiger partial charge in [0, 0.05) is 28.8 Å². The summed E-state index contributed by atoms with van der Waals surface area (Å²) in [5.41, 5.74) is 2.64. The summed E-state index contributed by atoms with van der Waals surface area (Å²) in [6.45, 7) is 3.81. The normalized spacial score (nSPS) is 10.5. The van der Waals surface area contributed by atoms with Crippen LogP contribution in [0.5, 0.6) is 17.2 Å². The molecule has 2 heterocycles. The number of nitrogens with zero attached hydrogens (tertiary/aromatic N) is 2. The quantitative estimate of drug-likeness (QED) is 0.727. The summed E-state index contributed by atoms with van der Waals surface area (Å²) in [6.07, 6.45) is 3.32. The Hall–Kier alpha value is -2.80. The standard InChI is InChI=1S/C17H17N3O3S/c1-5-10-8-24-16-14(10)18-9-19-17(16)20-11-6-12(21-2)15(23-4)13(7-11)22-3/h5-9H,1H2,2-4H3,(H,18,19,20). The zero-order chi connectivity index (χ0) is 17.1. The molecule has 0 aliphatic heterocycles. The Morgan fingerprint density at radius 1 is 1.08 bits per heavy atom. The molecule has 0 radical (unpaired) electrons. The van der Waals surface area contributed by atoms with E-state index in [1.807, 2.05) is 17.5 Å². The van der Waals surface area contributed by atoms with Gasteiger partial charge in [-0.05, 0) is 0 Å². The highest BCUT2D eigenvalue weighted by atomic mass is 32.1. The highest BCUT2D eigenvalue weighted by Gasteiger charge is 2.15. The predicted molar refractivity (Wildman–Crippen MR) is 96.9 cm³/mol. The second-order valence-electron chi connectivity index (χ2n) is 4.83. The SMILES string of the molecule is C=Cc1csc2c(Nc3cc(OC)c(OC)c(OC)c3)ncnc12. The Morgan fingerprint density at radius 3 is 2.38 bits per heavy atom. The Labute approximate surface area is 143 Å². The minimum absolute atomic E-state index is 0.545. The van der Waals surface area contributed by atoms with Crippen molar-refractivity contribution >= 4 is 39.1 Å². The largest absolute Gasteiger partial charge is 0.493 e. The van der Waals surface area contributed by atoms with Gasteiger partial charge in [0.05, 0.1) is 31.5 Å². The molecule has 0 saturated heterocycles. The van der Waals surface area contributed by atoms with E-state index in [2.05, 4.69) is 21.9 Å². The maximum absolute atomic E-state index is 5.38. The van der Waals surface area contributed by atoms with Crippen LogP contribution >= 0.6 is 11.3 Å². The van der Waals surface area contributed by atoms with Gasteiger partial charge in [-0.2, -0.15) is 0 Å². The molecular formula is C17H17N3O3S. The number of hydrogen-bond acceptors (Lipinski definition) is 7. The van der Waals surface area contributed by atoms with E-state index in [0.717, 1.165) is 21.5 Å². The molecule has 1 aromatic carbocycles. The molecule has 0 unspecified atom stereocenters. The van der Waals surface area contributed by atoms with Gasteiger partial charge in [0.15, 0.2) is 17.3 Å². The lowest BCUT2D eigenvalue weighted by atomic mass is 10.2. The van der Waals surface area contributed by atoms with E-state index >= 15 is 0 Å². The molecule has 0 bridgehead atoms. The maximum Gasteiger partial charge on any atom is 0.203 e. The molecule has 2 aromatic heterocycles. The van der Waals surface area contributed by atoms with Gasteiger partial charge in [-0.15, -0.1) is 11.3 Å². The van der Waals surface area contributed by atoms with E-state index < -0.39 is 0 Å². The number of ether oxygens (including phenoxy) is 3. The third-order valence-corrected chi connectivity index (χ3v) is 4.52. The minimum atomic E-state index is 0.545. The van der Waals surface area contributed by atoms with Crippen LogP contribution in [-0.2, 0) is 0 Å². The second-order valence-corrected chi connectivity index (χ2v) is 5.71. The molecular weight excluding hydrogens is 326 g/mol. The Morgan fingerprint density at radius 2 is 1.79 bits per heavy atom. The molecule has 0 saturated carbocycles. The average molecular weight is 343 g/mol. The number of hydrogen-bond donors (Lipinski definition) is 1.